The molecule has 0 fully saturated rings. The van der Waals surface area contributed by atoms with E-state index in [1.54, 1.807) is 25.1 Å². The molecule has 5 nitrogen and oxygen atoms in total. The fraction of sp³-hybridized carbons (Fsp3) is 0.103. The number of thioether (sulfide) groups is 1. The molecule has 0 spiro atoms. The first-order chi connectivity index (χ1) is 18.4. The quantitative estimate of drug-likeness (QED) is 0.222. The first-order valence-corrected chi connectivity index (χ1v) is 13.7. The van der Waals surface area contributed by atoms with Gasteiger partial charge in [-0.3, -0.25) is 0 Å². The Kier molecular flexibility index (Phi) is 7.74. The fourth-order valence-electron chi connectivity index (χ4n) is 4.15. The van der Waals surface area contributed by atoms with Crippen molar-refractivity contribution < 1.29 is 19.0 Å². The summed E-state index contributed by atoms with van der Waals surface area (Å²) in [5.74, 6) is -1.23. The lowest BCUT2D eigenvalue weighted by atomic mass is 10.1. The molecule has 1 N–H and O–H groups in total. The van der Waals surface area contributed by atoms with Gasteiger partial charge >= 0.3 is 5.97 Å². The van der Waals surface area contributed by atoms with Crippen LogP contribution in [0.5, 0.6) is 0 Å². The Morgan fingerprint density at radius 2 is 1.97 bits per heavy atom. The number of carbonyl (C=O) groups is 1. The average molecular weight is 612 g/mol. The number of esters is 1. The monoisotopic (exact) mass is 610 g/mol. The maximum atomic E-state index is 14.6. The standard InChI is InChI=1S/C29H21BrClFN2O3S/c1-2-37-29(36)26-27(35)25(38-28(26)33-19-7-4-3-5-8-19)13-17-15-34(24-12-11-18(30)14-20(17)24)16-21-22(31)9-6-10-23(21)32/h3-15,35H,2,16H2,1H3/b25-13-,33-28?. The van der Waals surface area contributed by atoms with Gasteiger partial charge < -0.3 is 14.4 Å². The van der Waals surface area contributed by atoms with Gasteiger partial charge in [-0.05, 0) is 55.5 Å². The molecule has 1 aliphatic rings. The van der Waals surface area contributed by atoms with Crippen molar-refractivity contribution in [3.8, 4) is 0 Å². The van der Waals surface area contributed by atoms with Crippen LogP contribution in [0.2, 0.25) is 5.02 Å². The summed E-state index contributed by atoms with van der Waals surface area (Å²) in [6.07, 6.45) is 3.66. The van der Waals surface area contributed by atoms with Crippen molar-refractivity contribution in [3.63, 3.8) is 0 Å². The summed E-state index contributed by atoms with van der Waals surface area (Å²) in [5, 5.41) is 12.7. The molecule has 0 bridgehead atoms. The highest BCUT2D eigenvalue weighted by molar-refractivity contribution is 9.10. The van der Waals surface area contributed by atoms with E-state index in [1.807, 2.05) is 59.3 Å². The molecule has 38 heavy (non-hydrogen) atoms. The Morgan fingerprint density at radius 1 is 1.18 bits per heavy atom. The van der Waals surface area contributed by atoms with Gasteiger partial charge in [-0.1, -0.05) is 63.6 Å². The van der Waals surface area contributed by atoms with Gasteiger partial charge in [0, 0.05) is 37.7 Å². The van der Waals surface area contributed by atoms with E-state index >= 15 is 0 Å². The van der Waals surface area contributed by atoms with Crippen LogP contribution >= 0.6 is 39.3 Å². The number of carbonyl (C=O) groups excluding carboxylic acids is 1. The van der Waals surface area contributed by atoms with E-state index in [2.05, 4.69) is 20.9 Å². The van der Waals surface area contributed by atoms with Gasteiger partial charge in [-0.2, -0.15) is 0 Å². The van der Waals surface area contributed by atoms with Crippen molar-refractivity contribution in [1.29, 1.82) is 0 Å². The molecule has 9 heteroatoms. The van der Waals surface area contributed by atoms with Crippen LogP contribution in [0.1, 0.15) is 18.1 Å². The number of aliphatic hydroxyl groups is 1. The third-order valence-corrected chi connectivity index (χ3v) is 7.78. The highest BCUT2D eigenvalue weighted by Gasteiger charge is 2.33. The number of para-hydroxylation sites is 1. The highest BCUT2D eigenvalue weighted by Crippen LogP contribution is 2.41. The first-order valence-electron chi connectivity index (χ1n) is 11.7. The van der Waals surface area contributed by atoms with Crippen molar-refractivity contribution in [2.75, 3.05) is 6.61 Å². The lowest BCUT2D eigenvalue weighted by molar-refractivity contribution is -0.138. The van der Waals surface area contributed by atoms with E-state index < -0.39 is 5.97 Å². The second-order valence-corrected chi connectivity index (χ2v) is 10.7. The molecular weight excluding hydrogens is 591 g/mol. The van der Waals surface area contributed by atoms with Crippen molar-refractivity contribution >= 4 is 73.0 Å². The fourth-order valence-corrected chi connectivity index (χ4v) is 5.76. The SMILES string of the molecule is CCOC(=O)C1=C(O)/C(=C/c2cn(Cc3c(F)cccc3Cl)c3ccc(Br)cc23)SC1=Nc1ccccc1. The Balaban J connectivity index is 1.61. The minimum absolute atomic E-state index is 0.0232. The molecule has 0 atom stereocenters. The van der Waals surface area contributed by atoms with Crippen molar-refractivity contribution in [2.45, 2.75) is 13.5 Å². The van der Waals surface area contributed by atoms with Crippen LogP contribution in [0.3, 0.4) is 0 Å². The second-order valence-electron chi connectivity index (χ2n) is 8.38. The Labute approximate surface area is 236 Å². The Bertz CT molecular complexity index is 1630. The van der Waals surface area contributed by atoms with Gasteiger partial charge in [0.15, 0.2) is 0 Å². The summed E-state index contributed by atoms with van der Waals surface area (Å²) in [4.78, 5) is 17.8. The number of hydrogen-bond donors (Lipinski definition) is 1. The average Bonchev–Trinajstić information content (AvgIpc) is 3.38. The molecule has 1 aromatic heterocycles. The number of hydrogen-bond acceptors (Lipinski definition) is 5. The van der Waals surface area contributed by atoms with Crippen LogP contribution in [0.4, 0.5) is 10.1 Å². The second kappa shape index (κ2) is 11.2. The molecule has 192 valence electrons. The van der Waals surface area contributed by atoms with E-state index in [-0.39, 0.29) is 30.3 Å². The normalized spacial score (nSPS) is 15.7. The molecule has 0 radical (unpaired) electrons. The molecule has 0 saturated carbocycles. The van der Waals surface area contributed by atoms with Crippen molar-refractivity contribution in [3.05, 3.63) is 116 Å². The van der Waals surface area contributed by atoms with E-state index in [1.165, 1.54) is 17.8 Å². The number of aromatic nitrogens is 1. The number of rotatable bonds is 6. The van der Waals surface area contributed by atoms with Crippen LogP contribution < -0.4 is 0 Å². The summed E-state index contributed by atoms with van der Waals surface area (Å²) in [6, 6.07) is 19.6. The summed E-state index contributed by atoms with van der Waals surface area (Å²) in [7, 11) is 0. The molecule has 0 unspecified atom stereocenters. The summed E-state index contributed by atoms with van der Waals surface area (Å²) in [5.41, 5.74) is 2.68. The number of aliphatic imine (C=N–C) groups is 1. The highest BCUT2D eigenvalue weighted by atomic mass is 79.9. The van der Waals surface area contributed by atoms with Crippen molar-refractivity contribution in [2.24, 2.45) is 4.99 Å². The van der Waals surface area contributed by atoms with Crippen LogP contribution in [0.15, 0.2) is 98.6 Å². The number of aliphatic hydroxyl groups excluding tert-OH is 1. The molecule has 4 aromatic rings. The first kappa shape index (κ1) is 26.3. The smallest absolute Gasteiger partial charge is 0.344 e. The largest absolute Gasteiger partial charge is 0.506 e. The number of benzene rings is 3. The van der Waals surface area contributed by atoms with Crippen LogP contribution in [0, 0.1) is 5.82 Å². The lowest BCUT2D eigenvalue weighted by Crippen LogP contribution is -2.12. The number of ether oxygens (including phenoxy) is 1. The van der Waals surface area contributed by atoms with Crippen LogP contribution in [-0.2, 0) is 16.1 Å². The zero-order chi connectivity index (χ0) is 26.8. The predicted molar refractivity (Wildman–Crippen MR) is 156 cm³/mol. The van der Waals surface area contributed by atoms with Gasteiger partial charge in [0.25, 0.3) is 0 Å². The number of nitrogens with zero attached hydrogens (tertiary/aromatic N) is 2. The maximum absolute atomic E-state index is 14.6. The molecule has 0 saturated heterocycles. The summed E-state index contributed by atoms with van der Waals surface area (Å²) >= 11 is 11.0. The van der Waals surface area contributed by atoms with Gasteiger partial charge in [0.05, 0.1) is 23.7 Å². The van der Waals surface area contributed by atoms with Crippen molar-refractivity contribution in [1.82, 2.24) is 4.57 Å². The lowest BCUT2D eigenvalue weighted by Gasteiger charge is -2.08. The molecular formula is C29H21BrClFN2O3S. The van der Waals surface area contributed by atoms with Crippen LogP contribution in [-0.4, -0.2) is 27.3 Å². The molecule has 5 rings (SSSR count). The molecule has 1 aliphatic heterocycles. The topological polar surface area (TPSA) is 63.8 Å². The number of fused-ring (bicyclic) bond motifs is 1. The zero-order valence-electron chi connectivity index (χ0n) is 20.1. The Morgan fingerprint density at radius 3 is 2.71 bits per heavy atom. The van der Waals surface area contributed by atoms with E-state index in [9.17, 15) is 14.3 Å². The minimum atomic E-state index is -0.644. The summed E-state index contributed by atoms with van der Waals surface area (Å²) in [6.45, 7) is 2.09. The molecule has 0 aliphatic carbocycles. The zero-order valence-corrected chi connectivity index (χ0v) is 23.3. The number of halogens is 3. The molecule has 0 amide bonds. The maximum Gasteiger partial charge on any atom is 0.344 e. The van der Waals surface area contributed by atoms with E-state index in [4.69, 9.17) is 16.3 Å². The van der Waals surface area contributed by atoms with Crippen LogP contribution in [0.25, 0.3) is 17.0 Å². The summed E-state index contributed by atoms with van der Waals surface area (Å²) < 4.78 is 22.5. The third-order valence-electron chi connectivity index (χ3n) is 5.91. The Hall–Kier alpha value is -3.33. The van der Waals surface area contributed by atoms with Gasteiger partial charge in [0.1, 0.15) is 22.2 Å². The van der Waals surface area contributed by atoms with Gasteiger partial charge in [-0.15, -0.1) is 0 Å². The van der Waals surface area contributed by atoms with Gasteiger partial charge in [-0.25, -0.2) is 14.2 Å². The third kappa shape index (κ3) is 5.29. The predicted octanol–water partition coefficient (Wildman–Crippen LogP) is 8.44. The molecule has 2 heterocycles. The van der Waals surface area contributed by atoms with Gasteiger partial charge in [0.2, 0.25) is 0 Å². The van der Waals surface area contributed by atoms with E-state index in [0.29, 0.717) is 26.2 Å². The van der Waals surface area contributed by atoms with E-state index in [0.717, 1.165) is 20.9 Å². The molecule has 3 aromatic carbocycles. The minimum Gasteiger partial charge on any atom is -0.506 e.